The molecule has 1 unspecified atom stereocenters. The first-order chi connectivity index (χ1) is 9.08. The molecule has 4 nitrogen and oxygen atoms in total. The van der Waals surface area contributed by atoms with Gasteiger partial charge in [0.05, 0.1) is 5.69 Å². The third-order valence-electron chi connectivity index (χ3n) is 3.32. The van der Waals surface area contributed by atoms with Crippen molar-refractivity contribution < 1.29 is 0 Å². The van der Waals surface area contributed by atoms with Gasteiger partial charge in [-0.1, -0.05) is 20.8 Å². The number of nitrogens with zero attached hydrogens (tertiary/aromatic N) is 3. The summed E-state index contributed by atoms with van der Waals surface area (Å²) in [5, 5.41) is 12.0. The predicted molar refractivity (Wildman–Crippen MR) is 81.3 cm³/mol. The zero-order chi connectivity index (χ0) is 14.3. The molecule has 0 aliphatic rings. The lowest BCUT2D eigenvalue weighted by Crippen LogP contribution is -2.33. The zero-order valence-electron chi connectivity index (χ0n) is 13.0. The second-order valence-corrected chi connectivity index (χ2v) is 5.45. The first kappa shape index (κ1) is 15.9. The van der Waals surface area contributed by atoms with E-state index in [9.17, 15) is 0 Å². The number of hydrogen-bond donors (Lipinski definition) is 1. The molecule has 1 aromatic rings. The molecule has 0 aromatic carbocycles. The summed E-state index contributed by atoms with van der Waals surface area (Å²) in [6.07, 6.45) is 1.12. The standard InChI is InChI=1S/C15H28N4/c1-6-13(5)19(7-2)15-9-8-14(17-18-15)11-16-10-12(3)4/h8-9,12-13,16H,6-7,10-11H2,1-5H3. The SMILES string of the molecule is CCC(C)N(CC)c1ccc(CNCC(C)C)nn1. The van der Waals surface area contributed by atoms with Crippen molar-refractivity contribution in [1.29, 1.82) is 0 Å². The summed E-state index contributed by atoms with van der Waals surface area (Å²) < 4.78 is 0. The molecular formula is C15H28N4. The lowest BCUT2D eigenvalue weighted by atomic mass is 10.2. The Bertz CT molecular complexity index is 348. The Labute approximate surface area is 117 Å². The highest BCUT2D eigenvalue weighted by atomic mass is 15.3. The highest BCUT2D eigenvalue weighted by Gasteiger charge is 2.12. The first-order valence-corrected chi connectivity index (χ1v) is 7.38. The van der Waals surface area contributed by atoms with Crippen molar-refractivity contribution in [3.8, 4) is 0 Å². The molecule has 1 heterocycles. The summed E-state index contributed by atoms with van der Waals surface area (Å²) in [5.74, 6) is 1.64. The minimum absolute atomic E-state index is 0.504. The van der Waals surface area contributed by atoms with E-state index >= 15 is 0 Å². The maximum absolute atomic E-state index is 4.35. The summed E-state index contributed by atoms with van der Waals surface area (Å²) in [6, 6.07) is 4.65. The number of anilines is 1. The van der Waals surface area contributed by atoms with Crippen LogP contribution in [0.25, 0.3) is 0 Å². The van der Waals surface area contributed by atoms with Gasteiger partial charge in [0, 0.05) is 19.1 Å². The van der Waals surface area contributed by atoms with E-state index in [-0.39, 0.29) is 0 Å². The van der Waals surface area contributed by atoms with Crippen LogP contribution in [0.15, 0.2) is 12.1 Å². The van der Waals surface area contributed by atoms with E-state index in [1.165, 1.54) is 0 Å². The predicted octanol–water partition coefficient (Wildman–Crippen LogP) is 2.85. The Kier molecular flexibility index (Phi) is 6.78. The van der Waals surface area contributed by atoms with Crippen molar-refractivity contribution >= 4 is 5.82 Å². The van der Waals surface area contributed by atoms with Gasteiger partial charge in [-0.15, -0.1) is 5.10 Å². The van der Waals surface area contributed by atoms with Gasteiger partial charge in [-0.05, 0) is 44.9 Å². The molecular weight excluding hydrogens is 236 g/mol. The van der Waals surface area contributed by atoms with Crippen LogP contribution in [0.2, 0.25) is 0 Å². The van der Waals surface area contributed by atoms with Gasteiger partial charge in [0.15, 0.2) is 5.82 Å². The number of aromatic nitrogens is 2. The lowest BCUT2D eigenvalue weighted by molar-refractivity contribution is 0.545. The van der Waals surface area contributed by atoms with E-state index in [2.05, 4.69) is 67.2 Å². The van der Waals surface area contributed by atoms with E-state index < -0.39 is 0 Å². The van der Waals surface area contributed by atoms with Crippen molar-refractivity contribution in [2.45, 2.75) is 53.6 Å². The molecule has 0 radical (unpaired) electrons. The third kappa shape index (κ3) is 5.15. The number of hydrogen-bond acceptors (Lipinski definition) is 4. The molecule has 0 amide bonds. The fourth-order valence-electron chi connectivity index (χ4n) is 2.01. The summed E-state index contributed by atoms with van der Waals surface area (Å²) in [6.45, 7) is 13.8. The van der Waals surface area contributed by atoms with Crippen LogP contribution in [-0.2, 0) is 6.54 Å². The average Bonchev–Trinajstić information content (AvgIpc) is 2.40. The fourth-order valence-corrected chi connectivity index (χ4v) is 2.01. The Hall–Kier alpha value is -1.16. The zero-order valence-corrected chi connectivity index (χ0v) is 13.0. The normalized spacial score (nSPS) is 12.7. The highest BCUT2D eigenvalue weighted by molar-refractivity contribution is 5.38. The minimum Gasteiger partial charge on any atom is -0.353 e. The van der Waals surface area contributed by atoms with Crippen molar-refractivity contribution in [3.05, 3.63) is 17.8 Å². The highest BCUT2D eigenvalue weighted by Crippen LogP contribution is 2.14. The molecule has 0 aliphatic carbocycles. The van der Waals surface area contributed by atoms with Gasteiger partial charge in [0.2, 0.25) is 0 Å². The summed E-state index contributed by atoms with van der Waals surface area (Å²) >= 11 is 0. The molecule has 0 bridgehead atoms. The quantitative estimate of drug-likeness (QED) is 0.784. The topological polar surface area (TPSA) is 41.0 Å². The summed E-state index contributed by atoms with van der Waals surface area (Å²) in [4.78, 5) is 2.29. The molecule has 1 atom stereocenters. The van der Waals surface area contributed by atoms with Crippen LogP contribution in [0.1, 0.15) is 46.7 Å². The van der Waals surface area contributed by atoms with Crippen LogP contribution in [0.4, 0.5) is 5.82 Å². The Morgan fingerprint density at radius 3 is 2.37 bits per heavy atom. The van der Waals surface area contributed by atoms with Crippen molar-refractivity contribution in [3.63, 3.8) is 0 Å². The van der Waals surface area contributed by atoms with Gasteiger partial charge in [-0.25, -0.2) is 0 Å². The van der Waals surface area contributed by atoms with Crippen LogP contribution < -0.4 is 10.2 Å². The minimum atomic E-state index is 0.504. The molecule has 1 N–H and O–H groups in total. The number of rotatable bonds is 8. The van der Waals surface area contributed by atoms with Gasteiger partial charge in [0.1, 0.15) is 0 Å². The van der Waals surface area contributed by atoms with Crippen LogP contribution in [-0.4, -0.2) is 29.3 Å². The summed E-state index contributed by atoms with van der Waals surface area (Å²) in [7, 11) is 0. The van der Waals surface area contributed by atoms with Crippen LogP contribution >= 0.6 is 0 Å². The van der Waals surface area contributed by atoms with Crippen molar-refractivity contribution in [2.24, 2.45) is 5.92 Å². The van der Waals surface area contributed by atoms with E-state index in [0.717, 1.165) is 37.6 Å². The molecule has 1 aromatic heterocycles. The van der Waals surface area contributed by atoms with Crippen molar-refractivity contribution in [1.82, 2.24) is 15.5 Å². The fraction of sp³-hybridized carbons (Fsp3) is 0.733. The van der Waals surface area contributed by atoms with Crippen LogP contribution in [0, 0.1) is 5.92 Å². The molecule has 0 saturated heterocycles. The molecule has 0 saturated carbocycles. The monoisotopic (exact) mass is 264 g/mol. The van der Waals surface area contributed by atoms with Gasteiger partial charge < -0.3 is 10.2 Å². The molecule has 0 aliphatic heterocycles. The summed E-state index contributed by atoms with van der Waals surface area (Å²) in [5.41, 5.74) is 1.00. The Morgan fingerprint density at radius 1 is 1.16 bits per heavy atom. The van der Waals surface area contributed by atoms with Gasteiger partial charge in [0.25, 0.3) is 0 Å². The molecule has 108 valence electrons. The van der Waals surface area contributed by atoms with Crippen molar-refractivity contribution in [2.75, 3.05) is 18.0 Å². The second-order valence-electron chi connectivity index (χ2n) is 5.45. The van der Waals surface area contributed by atoms with Crippen LogP contribution in [0.3, 0.4) is 0 Å². The molecule has 1 rings (SSSR count). The maximum Gasteiger partial charge on any atom is 0.151 e. The third-order valence-corrected chi connectivity index (χ3v) is 3.32. The second kappa shape index (κ2) is 8.10. The first-order valence-electron chi connectivity index (χ1n) is 7.38. The number of nitrogens with one attached hydrogen (secondary N) is 1. The average molecular weight is 264 g/mol. The molecule has 0 spiro atoms. The van der Waals surface area contributed by atoms with Crippen LogP contribution in [0.5, 0.6) is 0 Å². The van der Waals surface area contributed by atoms with E-state index in [0.29, 0.717) is 12.0 Å². The van der Waals surface area contributed by atoms with Gasteiger partial charge in [-0.2, -0.15) is 5.10 Å². The van der Waals surface area contributed by atoms with Gasteiger partial charge >= 0.3 is 0 Å². The molecule has 4 heteroatoms. The Morgan fingerprint density at radius 2 is 1.89 bits per heavy atom. The van der Waals surface area contributed by atoms with E-state index in [1.54, 1.807) is 0 Å². The Balaban J connectivity index is 2.59. The smallest absolute Gasteiger partial charge is 0.151 e. The van der Waals surface area contributed by atoms with Gasteiger partial charge in [-0.3, -0.25) is 0 Å². The molecule has 0 fully saturated rings. The van der Waals surface area contributed by atoms with E-state index in [1.807, 2.05) is 0 Å². The largest absolute Gasteiger partial charge is 0.353 e. The van der Waals surface area contributed by atoms with E-state index in [4.69, 9.17) is 0 Å². The molecule has 19 heavy (non-hydrogen) atoms. The maximum atomic E-state index is 4.35. The lowest BCUT2D eigenvalue weighted by Gasteiger charge is -2.27.